The fourth-order valence-corrected chi connectivity index (χ4v) is 0.821. The second-order valence-corrected chi connectivity index (χ2v) is 2.70. The third kappa shape index (κ3) is 2.88. The number of nitrogens with one attached hydrogen (secondary N) is 1. The summed E-state index contributed by atoms with van der Waals surface area (Å²) in [5.74, 6) is 0. The highest BCUT2D eigenvalue weighted by Crippen LogP contribution is 1.96. The second-order valence-electron chi connectivity index (χ2n) is 2.70. The maximum atomic E-state index is 4.69. The average molecular weight is 166 g/mol. The van der Waals surface area contributed by atoms with E-state index in [-0.39, 0.29) is 0 Å². The van der Waals surface area contributed by atoms with Crippen LogP contribution in [0.15, 0.2) is 29.0 Å². The summed E-state index contributed by atoms with van der Waals surface area (Å²) >= 11 is 0. The fourth-order valence-electron chi connectivity index (χ4n) is 0.821. The molecule has 12 heavy (non-hydrogen) atoms. The lowest BCUT2D eigenvalue weighted by atomic mass is 10.2. The van der Waals surface area contributed by atoms with Crippen LogP contribution in [0.1, 0.15) is 19.0 Å². The van der Waals surface area contributed by atoms with Gasteiger partial charge in [-0.15, -0.1) is 0 Å². The summed E-state index contributed by atoms with van der Waals surface area (Å²) in [7, 11) is 0. The lowest BCUT2D eigenvalue weighted by Crippen LogP contribution is -2.15. The Morgan fingerprint density at radius 1 is 1.75 bits per heavy atom. The third-order valence-corrected chi connectivity index (χ3v) is 1.67. The van der Waals surface area contributed by atoms with Crippen LogP contribution in [0.2, 0.25) is 0 Å². The molecule has 0 saturated carbocycles. The normalized spacial score (nSPS) is 10.1. The molecule has 0 saturated heterocycles. The van der Waals surface area contributed by atoms with Gasteiger partial charge in [0.15, 0.2) is 0 Å². The summed E-state index contributed by atoms with van der Waals surface area (Å²) in [4.78, 5) is 0. The van der Waals surface area contributed by atoms with Gasteiger partial charge in [-0.3, -0.25) is 0 Å². The van der Waals surface area contributed by atoms with E-state index in [1.165, 1.54) is 5.57 Å². The Bertz CT molecular complexity index is 229. The molecule has 1 rings (SSSR count). The Labute approximate surface area is 72.4 Å². The zero-order valence-corrected chi connectivity index (χ0v) is 7.34. The molecule has 1 aromatic rings. The molecule has 0 aliphatic rings. The van der Waals surface area contributed by atoms with E-state index in [9.17, 15) is 0 Å². The number of hydrogen-bond acceptors (Lipinski definition) is 3. The van der Waals surface area contributed by atoms with Crippen LogP contribution in [0.3, 0.4) is 0 Å². The van der Waals surface area contributed by atoms with E-state index in [0.717, 1.165) is 25.2 Å². The predicted octanol–water partition coefficient (Wildman–Crippen LogP) is 1.73. The van der Waals surface area contributed by atoms with Crippen molar-refractivity contribution in [1.29, 1.82) is 0 Å². The molecular formula is C9H14N2O. The largest absolute Gasteiger partial charge is 0.364 e. The molecule has 1 N–H and O–H groups in total. The van der Waals surface area contributed by atoms with E-state index in [1.807, 2.05) is 6.07 Å². The molecule has 0 fully saturated rings. The molecular weight excluding hydrogens is 152 g/mol. The van der Waals surface area contributed by atoms with Crippen molar-refractivity contribution in [2.45, 2.75) is 19.9 Å². The van der Waals surface area contributed by atoms with Gasteiger partial charge in [0.25, 0.3) is 0 Å². The van der Waals surface area contributed by atoms with Crippen LogP contribution in [-0.2, 0) is 6.54 Å². The van der Waals surface area contributed by atoms with Gasteiger partial charge in [0.1, 0.15) is 6.26 Å². The quantitative estimate of drug-likeness (QED) is 0.677. The smallest absolute Gasteiger partial charge is 0.124 e. The molecule has 0 unspecified atom stereocenters. The monoisotopic (exact) mass is 166 g/mol. The molecule has 0 atom stereocenters. The summed E-state index contributed by atoms with van der Waals surface area (Å²) in [5, 5.41) is 6.99. The minimum atomic E-state index is 0.746. The van der Waals surface area contributed by atoms with Crippen molar-refractivity contribution < 1.29 is 4.52 Å². The molecule has 3 heteroatoms. The molecule has 0 aromatic carbocycles. The number of aromatic nitrogens is 1. The topological polar surface area (TPSA) is 38.1 Å². The van der Waals surface area contributed by atoms with Crippen LogP contribution in [0, 0.1) is 0 Å². The first-order valence-corrected chi connectivity index (χ1v) is 4.09. The van der Waals surface area contributed by atoms with Gasteiger partial charge in [-0.05, 0) is 6.42 Å². The molecule has 0 amide bonds. The second kappa shape index (κ2) is 4.72. The maximum Gasteiger partial charge on any atom is 0.124 e. The first-order chi connectivity index (χ1) is 5.83. The van der Waals surface area contributed by atoms with Gasteiger partial charge in [-0.2, -0.15) is 0 Å². The van der Waals surface area contributed by atoms with Crippen molar-refractivity contribution in [3.8, 4) is 0 Å². The highest BCUT2D eigenvalue weighted by molar-refractivity contribution is 4.98. The molecule has 0 bridgehead atoms. The van der Waals surface area contributed by atoms with Crippen molar-refractivity contribution in [2.75, 3.05) is 6.54 Å². The van der Waals surface area contributed by atoms with Gasteiger partial charge < -0.3 is 9.84 Å². The Morgan fingerprint density at radius 3 is 3.17 bits per heavy atom. The summed E-state index contributed by atoms with van der Waals surface area (Å²) in [6.45, 7) is 7.58. The Balaban J connectivity index is 2.15. The van der Waals surface area contributed by atoms with Gasteiger partial charge in [-0.1, -0.05) is 24.2 Å². The Hall–Kier alpha value is -1.09. The zero-order chi connectivity index (χ0) is 8.81. The Kier molecular flexibility index (Phi) is 3.54. The van der Waals surface area contributed by atoms with Gasteiger partial charge in [0, 0.05) is 19.2 Å². The third-order valence-electron chi connectivity index (χ3n) is 1.67. The van der Waals surface area contributed by atoms with Crippen LogP contribution in [0.5, 0.6) is 0 Å². The number of rotatable bonds is 5. The van der Waals surface area contributed by atoms with E-state index < -0.39 is 0 Å². The molecule has 1 heterocycles. The molecule has 0 aliphatic heterocycles. The molecule has 0 spiro atoms. The molecule has 3 nitrogen and oxygen atoms in total. The van der Waals surface area contributed by atoms with Crippen molar-refractivity contribution in [1.82, 2.24) is 10.5 Å². The van der Waals surface area contributed by atoms with Crippen LogP contribution in [-0.4, -0.2) is 11.7 Å². The minimum Gasteiger partial charge on any atom is -0.364 e. The summed E-state index contributed by atoms with van der Waals surface area (Å²) in [5.41, 5.74) is 2.14. The van der Waals surface area contributed by atoms with E-state index in [1.54, 1.807) is 6.26 Å². The van der Waals surface area contributed by atoms with E-state index in [4.69, 9.17) is 0 Å². The van der Waals surface area contributed by atoms with Crippen molar-refractivity contribution in [3.63, 3.8) is 0 Å². The molecule has 0 aliphatic carbocycles. The average Bonchev–Trinajstić information content (AvgIpc) is 2.57. The van der Waals surface area contributed by atoms with Gasteiger partial charge in [0.2, 0.25) is 0 Å². The highest BCUT2D eigenvalue weighted by Gasteiger charge is 1.95. The minimum absolute atomic E-state index is 0.746. The standard InChI is InChI=1S/C9H14N2O/c1-3-8(2)6-10-7-9-4-5-12-11-9/h4-5,10H,2-3,6-7H2,1H3. The summed E-state index contributed by atoms with van der Waals surface area (Å²) < 4.78 is 4.69. The lowest BCUT2D eigenvalue weighted by molar-refractivity contribution is 0.409. The van der Waals surface area contributed by atoms with Gasteiger partial charge >= 0.3 is 0 Å². The van der Waals surface area contributed by atoms with Crippen LogP contribution < -0.4 is 5.32 Å². The highest BCUT2D eigenvalue weighted by atomic mass is 16.5. The first-order valence-electron chi connectivity index (χ1n) is 4.09. The SMILES string of the molecule is C=C(CC)CNCc1ccon1. The Morgan fingerprint density at radius 2 is 2.58 bits per heavy atom. The predicted molar refractivity (Wildman–Crippen MR) is 47.6 cm³/mol. The summed E-state index contributed by atoms with van der Waals surface area (Å²) in [6.07, 6.45) is 2.59. The van der Waals surface area contributed by atoms with E-state index in [0.29, 0.717) is 0 Å². The summed E-state index contributed by atoms with van der Waals surface area (Å²) in [6, 6.07) is 1.85. The molecule has 66 valence electrons. The van der Waals surface area contributed by atoms with Crippen LogP contribution in [0.4, 0.5) is 0 Å². The van der Waals surface area contributed by atoms with Crippen molar-refractivity contribution >= 4 is 0 Å². The first kappa shape index (κ1) is 9.00. The van der Waals surface area contributed by atoms with E-state index in [2.05, 4.69) is 28.5 Å². The van der Waals surface area contributed by atoms with Crippen molar-refractivity contribution in [2.24, 2.45) is 0 Å². The fraction of sp³-hybridized carbons (Fsp3) is 0.444. The van der Waals surface area contributed by atoms with Crippen LogP contribution >= 0.6 is 0 Å². The lowest BCUT2D eigenvalue weighted by Gasteiger charge is -2.02. The zero-order valence-electron chi connectivity index (χ0n) is 7.34. The van der Waals surface area contributed by atoms with Gasteiger partial charge in [0.05, 0.1) is 5.69 Å². The molecule has 0 radical (unpaired) electrons. The van der Waals surface area contributed by atoms with Gasteiger partial charge in [-0.25, -0.2) is 0 Å². The number of nitrogens with zero attached hydrogens (tertiary/aromatic N) is 1. The maximum absolute atomic E-state index is 4.69. The van der Waals surface area contributed by atoms with Crippen LogP contribution in [0.25, 0.3) is 0 Å². The number of hydrogen-bond donors (Lipinski definition) is 1. The molecule has 1 aromatic heterocycles. The van der Waals surface area contributed by atoms with E-state index >= 15 is 0 Å². The van der Waals surface area contributed by atoms with Crippen molar-refractivity contribution in [3.05, 3.63) is 30.2 Å².